The zero-order chi connectivity index (χ0) is 12.8. The van der Waals surface area contributed by atoms with Crippen LogP contribution in [0.5, 0.6) is 0 Å². The van der Waals surface area contributed by atoms with Crippen LogP contribution in [0.15, 0.2) is 0 Å². The van der Waals surface area contributed by atoms with Crippen LogP contribution in [-0.2, 0) is 4.74 Å². The van der Waals surface area contributed by atoms with Crippen molar-refractivity contribution in [1.82, 2.24) is 0 Å². The van der Waals surface area contributed by atoms with Gasteiger partial charge in [0.15, 0.2) is 0 Å². The molecule has 0 amide bonds. The second kappa shape index (κ2) is 7.25. The smallest absolute Gasteiger partial charge is 0.129 e. The van der Waals surface area contributed by atoms with Gasteiger partial charge in [0, 0.05) is 0 Å². The number of nitrogens with two attached hydrogens (primary N) is 1. The van der Waals surface area contributed by atoms with E-state index in [-0.39, 0.29) is 0 Å². The zero-order valence-electron chi connectivity index (χ0n) is 9.83. The molecular formula is C11H22NO5. The van der Waals surface area contributed by atoms with Crippen molar-refractivity contribution in [1.29, 1.82) is 0 Å². The van der Waals surface area contributed by atoms with E-state index in [2.05, 4.69) is 0 Å². The molecule has 6 nitrogen and oxygen atoms in total. The molecule has 0 aromatic rings. The first-order valence-electron chi connectivity index (χ1n) is 5.99. The Morgan fingerprint density at radius 2 is 1.76 bits per heavy atom. The molecule has 6 heteroatoms. The number of aliphatic hydroxyl groups is 4. The molecule has 0 bridgehead atoms. The molecule has 4 atom stereocenters. The second-order valence-electron chi connectivity index (χ2n) is 4.33. The van der Waals surface area contributed by atoms with Crippen LogP contribution in [0.25, 0.3) is 0 Å². The van der Waals surface area contributed by atoms with E-state index in [1.54, 1.807) is 0 Å². The van der Waals surface area contributed by atoms with E-state index in [1.165, 1.54) is 0 Å². The molecule has 6 N–H and O–H groups in total. The summed E-state index contributed by atoms with van der Waals surface area (Å²) in [5.41, 5.74) is 5.37. The molecule has 0 spiro atoms. The van der Waals surface area contributed by atoms with Crippen LogP contribution in [0.3, 0.4) is 0 Å². The number of aliphatic hydroxyl groups excluding tert-OH is 4. The Bertz CT molecular complexity index is 214. The molecule has 17 heavy (non-hydrogen) atoms. The largest absolute Gasteiger partial charge is 0.394 e. The number of ether oxygens (including phenoxy) is 1. The van der Waals surface area contributed by atoms with Gasteiger partial charge in [-0.3, -0.25) is 0 Å². The Labute approximate surface area is 101 Å². The second-order valence-corrected chi connectivity index (χ2v) is 4.33. The number of hydrogen-bond acceptors (Lipinski definition) is 6. The first kappa shape index (κ1) is 14.8. The predicted octanol–water partition coefficient (Wildman–Crippen LogP) is -1.49. The molecule has 0 aromatic carbocycles. The summed E-state index contributed by atoms with van der Waals surface area (Å²) in [6.45, 7) is 0.233. The van der Waals surface area contributed by atoms with Gasteiger partial charge in [-0.2, -0.15) is 0 Å². The van der Waals surface area contributed by atoms with Gasteiger partial charge in [0.2, 0.25) is 0 Å². The Morgan fingerprint density at radius 3 is 2.35 bits per heavy atom. The van der Waals surface area contributed by atoms with E-state index in [9.17, 15) is 15.3 Å². The molecule has 1 heterocycles. The van der Waals surface area contributed by atoms with Gasteiger partial charge in [0.1, 0.15) is 30.5 Å². The van der Waals surface area contributed by atoms with Crippen LogP contribution in [0, 0.1) is 6.10 Å². The van der Waals surface area contributed by atoms with Crippen molar-refractivity contribution >= 4 is 0 Å². The summed E-state index contributed by atoms with van der Waals surface area (Å²) in [4.78, 5) is 0. The highest BCUT2D eigenvalue weighted by molar-refractivity contribution is 5.01. The van der Waals surface area contributed by atoms with Crippen LogP contribution in [-0.4, -0.2) is 58.0 Å². The Balaban J connectivity index is 2.42. The highest BCUT2D eigenvalue weighted by Crippen LogP contribution is 2.29. The summed E-state index contributed by atoms with van der Waals surface area (Å²) in [6.07, 6.45) is -1.17. The topological polar surface area (TPSA) is 116 Å². The van der Waals surface area contributed by atoms with Gasteiger partial charge < -0.3 is 30.9 Å². The number of hydrogen-bond donors (Lipinski definition) is 5. The van der Waals surface area contributed by atoms with Gasteiger partial charge in [-0.15, -0.1) is 0 Å². The quantitative estimate of drug-likeness (QED) is 0.366. The van der Waals surface area contributed by atoms with Gasteiger partial charge in [-0.05, 0) is 19.4 Å². The first-order valence-corrected chi connectivity index (χ1v) is 5.99. The lowest BCUT2D eigenvalue weighted by molar-refractivity contribution is -0.192. The van der Waals surface area contributed by atoms with Gasteiger partial charge in [-0.25, -0.2) is 0 Å². The molecular weight excluding hydrogens is 226 g/mol. The summed E-state index contributed by atoms with van der Waals surface area (Å²) in [5, 5.41) is 37.8. The minimum absolute atomic E-state index is 0.332. The maximum atomic E-state index is 9.70. The van der Waals surface area contributed by atoms with E-state index in [0.717, 1.165) is 19.3 Å². The Hall–Kier alpha value is -0.240. The summed E-state index contributed by atoms with van der Waals surface area (Å²) in [6, 6.07) is 0. The lowest BCUT2D eigenvalue weighted by Gasteiger charge is -2.39. The third-order valence-electron chi connectivity index (χ3n) is 2.99. The van der Waals surface area contributed by atoms with Crippen molar-refractivity contribution in [3.8, 4) is 0 Å². The highest BCUT2D eigenvalue weighted by atomic mass is 16.5. The maximum Gasteiger partial charge on any atom is 0.129 e. The SMILES string of the molecule is NCCCCC[C]1O[C@H](CO)[C@@H](O)[C@H](O)[C@H]1O. The molecule has 0 saturated carbocycles. The highest BCUT2D eigenvalue weighted by Gasteiger charge is 2.43. The summed E-state index contributed by atoms with van der Waals surface area (Å²) < 4.78 is 5.29. The molecule has 1 radical (unpaired) electrons. The normalized spacial score (nSPS) is 35.1. The number of unbranched alkanes of at least 4 members (excludes halogenated alkanes) is 2. The molecule has 0 aliphatic carbocycles. The van der Waals surface area contributed by atoms with Crippen molar-refractivity contribution in [2.45, 2.75) is 50.1 Å². The van der Waals surface area contributed by atoms with Crippen LogP contribution in [0.2, 0.25) is 0 Å². The van der Waals surface area contributed by atoms with Crippen molar-refractivity contribution in [2.24, 2.45) is 5.73 Å². The fourth-order valence-electron chi connectivity index (χ4n) is 1.90. The first-order chi connectivity index (χ1) is 8.11. The van der Waals surface area contributed by atoms with Crippen molar-refractivity contribution < 1.29 is 25.2 Å². The van der Waals surface area contributed by atoms with Gasteiger partial charge in [0.05, 0.1) is 6.61 Å². The van der Waals surface area contributed by atoms with Crippen molar-refractivity contribution in [3.05, 3.63) is 6.10 Å². The Morgan fingerprint density at radius 1 is 1.06 bits per heavy atom. The standard InChI is InChI=1S/C11H22NO5/c12-5-3-1-2-4-7-9(14)11(16)10(15)8(6-13)17-7/h8-11,13-16H,1-6,12H2/t8-,9+,10-,11-/m1/s1. The van der Waals surface area contributed by atoms with E-state index in [4.69, 9.17) is 15.6 Å². The fraction of sp³-hybridized carbons (Fsp3) is 0.909. The van der Waals surface area contributed by atoms with E-state index in [0.29, 0.717) is 19.1 Å². The average molecular weight is 248 g/mol. The molecule has 0 aromatic heterocycles. The number of rotatable bonds is 6. The summed E-state index contributed by atoms with van der Waals surface area (Å²) >= 11 is 0. The van der Waals surface area contributed by atoms with Gasteiger partial charge in [0.25, 0.3) is 0 Å². The monoisotopic (exact) mass is 248 g/mol. The molecule has 1 saturated heterocycles. The van der Waals surface area contributed by atoms with Crippen molar-refractivity contribution in [2.75, 3.05) is 13.2 Å². The lowest BCUT2D eigenvalue weighted by atomic mass is 9.92. The molecule has 1 fully saturated rings. The van der Waals surface area contributed by atoms with E-state index >= 15 is 0 Å². The lowest BCUT2D eigenvalue weighted by Crippen LogP contribution is -2.55. The predicted molar refractivity (Wildman–Crippen MR) is 60.7 cm³/mol. The molecule has 101 valence electrons. The Kier molecular flexibility index (Phi) is 6.32. The summed E-state index contributed by atoms with van der Waals surface area (Å²) in [7, 11) is 0. The minimum Gasteiger partial charge on any atom is -0.394 e. The summed E-state index contributed by atoms with van der Waals surface area (Å²) in [5.74, 6) is 0. The van der Waals surface area contributed by atoms with Crippen LogP contribution in [0.4, 0.5) is 0 Å². The molecule has 0 unspecified atom stereocenters. The average Bonchev–Trinajstić information content (AvgIpc) is 2.34. The van der Waals surface area contributed by atoms with Crippen LogP contribution in [0.1, 0.15) is 25.7 Å². The fourth-order valence-corrected chi connectivity index (χ4v) is 1.90. The third-order valence-corrected chi connectivity index (χ3v) is 2.99. The third kappa shape index (κ3) is 3.87. The molecule has 1 rings (SSSR count). The molecule has 1 aliphatic rings. The van der Waals surface area contributed by atoms with Crippen LogP contribution >= 0.6 is 0 Å². The van der Waals surface area contributed by atoms with Gasteiger partial charge in [-0.1, -0.05) is 12.8 Å². The maximum absolute atomic E-state index is 9.70. The zero-order valence-corrected chi connectivity index (χ0v) is 9.83. The van der Waals surface area contributed by atoms with Crippen LogP contribution < -0.4 is 5.73 Å². The van der Waals surface area contributed by atoms with E-state index < -0.39 is 31.0 Å². The van der Waals surface area contributed by atoms with Gasteiger partial charge >= 0.3 is 0 Å². The van der Waals surface area contributed by atoms with E-state index in [1.807, 2.05) is 0 Å². The van der Waals surface area contributed by atoms with Crippen molar-refractivity contribution in [3.63, 3.8) is 0 Å². The minimum atomic E-state index is -1.30. The molecule has 1 aliphatic heterocycles.